The number of thioether (sulfide) groups is 1. The lowest BCUT2D eigenvalue weighted by molar-refractivity contribution is -0.113. The molecule has 5 rings (SSSR count). The van der Waals surface area contributed by atoms with E-state index in [4.69, 9.17) is 4.74 Å². The molecule has 1 atom stereocenters. The summed E-state index contributed by atoms with van der Waals surface area (Å²) in [4.78, 5) is 21.6. The van der Waals surface area contributed by atoms with E-state index in [1.54, 1.807) is 19.4 Å². The molecule has 1 unspecified atom stereocenters. The van der Waals surface area contributed by atoms with Crippen molar-refractivity contribution in [3.8, 4) is 5.88 Å². The Balaban J connectivity index is 1.17. The Bertz CT molecular complexity index is 1230. The van der Waals surface area contributed by atoms with Crippen molar-refractivity contribution in [2.24, 2.45) is 5.92 Å². The van der Waals surface area contributed by atoms with Crippen LogP contribution in [0.15, 0.2) is 47.5 Å². The fraction of sp³-hybridized carbons (Fsp3) is 0.423. The van der Waals surface area contributed by atoms with E-state index in [9.17, 15) is 15.0 Å². The van der Waals surface area contributed by atoms with Crippen LogP contribution in [0.25, 0.3) is 11.0 Å². The number of hydrogen-bond donors (Lipinski definition) is 4. The minimum atomic E-state index is -0.766. The third-order valence-electron chi connectivity index (χ3n) is 7.05. The zero-order chi connectivity index (χ0) is 24.4. The first-order valence-corrected chi connectivity index (χ1v) is 12.9. The van der Waals surface area contributed by atoms with Gasteiger partial charge in [0.2, 0.25) is 11.8 Å². The molecule has 0 spiro atoms. The van der Waals surface area contributed by atoms with Gasteiger partial charge in [0.15, 0.2) is 0 Å². The highest BCUT2D eigenvalue weighted by Gasteiger charge is 2.35. The van der Waals surface area contributed by atoms with Crippen molar-refractivity contribution in [1.82, 2.24) is 9.97 Å². The molecule has 1 fully saturated rings. The number of nitrogens with zero attached hydrogens (tertiary/aromatic N) is 2. The summed E-state index contributed by atoms with van der Waals surface area (Å²) >= 11 is 1.51. The van der Waals surface area contributed by atoms with Gasteiger partial charge in [0.25, 0.3) is 0 Å². The predicted octanol–water partition coefficient (Wildman–Crippen LogP) is 3.97. The van der Waals surface area contributed by atoms with Gasteiger partial charge in [0.1, 0.15) is 6.23 Å². The number of anilines is 2. The summed E-state index contributed by atoms with van der Waals surface area (Å²) in [5, 5.41) is 28.1. The summed E-state index contributed by atoms with van der Waals surface area (Å²) in [5.74, 6) is 1.01. The number of rotatable bonds is 7. The second-order valence-corrected chi connectivity index (χ2v) is 10.4. The van der Waals surface area contributed by atoms with Crippen LogP contribution in [0.3, 0.4) is 0 Å². The molecule has 184 valence electrons. The molecule has 2 aromatic heterocycles. The first-order chi connectivity index (χ1) is 16.9. The van der Waals surface area contributed by atoms with E-state index in [0.717, 1.165) is 45.7 Å². The minimum Gasteiger partial charge on any atom is -0.481 e. The number of ether oxygens (including phenoxy) is 1. The smallest absolute Gasteiger partial charge is 0.234 e. The Morgan fingerprint density at radius 3 is 2.89 bits per heavy atom. The Hall–Kier alpha value is -2.88. The summed E-state index contributed by atoms with van der Waals surface area (Å²) < 4.78 is 5.26. The van der Waals surface area contributed by atoms with Crippen molar-refractivity contribution >= 4 is 40.1 Å². The Morgan fingerprint density at radius 2 is 2.09 bits per heavy atom. The topological polar surface area (TPSA) is 117 Å². The molecule has 0 radical (unpaired) electrons. The number of carbonyl (C=O) groups is 1. The lowest BCUT2D eigenvalue weighted by atomic mass is 9.75. The molecule has 2 aliphatic rings. The monoisotopic (exact) mass is 494 g/mol. The van der Waals surface area contributed by atoms with Crippen LogP contribution in [0.5, 0.6) is 5.88 Å². The van der Waals surface area contributed by atoms with Gasteiger partial charge in [0, 0.05) is 28.8 Å². The molecule has 1 aliphatic heterocycles. The number of pyridine rings is 2. The van der Waals surface area contributed by atoms with Crippen LogP contribution >= 0.6 is 11.8 Å². The van der Waals surface area contributed by atoms with E-state index in [1.807, 2.05) is 30.3 Å². The molecule has 8 nitrogen and oxygen atoms in total. The molecule has 0 bridgehead atoms. The van der Waals surface area contributed by atoms with Gasteiger partial charge < -0.3 is 25.6 Å². The number of aliphatic hydroxyl groups is 2. The molecule has 1 saturated carbocycles. The first kappa shape index (κ1) is 23.8. The zero-order valence-electron chi connectivity index (χ0n) is 19.7. The number of aromatic nitrogens is 2. The molecule has 3 heterocycles. The molecule has 4 N–H and O–H groups in total. The van der Waals surface area contributed by atoms with E-state index in [1.165, 1.54) is 11.8 Å². The van der Waals surface area contributed by atoms with Crippen LogP contribution in [-0.2, 0) is 11.2 Å². The van der Waals surface area contributed by atoms with Crippen LogP contribution in [0.4, 0.5) is 11.4 Å². The number of benzene rings is 1. The number of hydrogen-bond acceptors (Lipinski definition) is 8. The number of carbonyl (C=O) groups excluding carboxylic acids is 1. The highest BCUT2D eigenvalue weighted by molar-refractivity contribution is 8.00. The lowest BCUT2D eigenvalue weighted by Crippen LogP contribution is -2.39. The fourth-order valence-corrected chi connectivity index (χ4v) is 5.74. The highest BCUT2D eigenvalue weighted by Crippen LogP contribution is 2.38. The van der Waals surface area contributed by atoms with E-state index in [2.05, 4.69) is 20.6 Å². The maximum absolute atomic E-state index is 11.7. The zero-order valence-corrected chi connectivity index (χ0v) is 20.5. The predicted molar refractivity (Wildman–Crippen MR) is 137 cm³/mol. The molecule has 9 heteroatoms. The number of aryl methyl sites for hydroxylation is 1. The second kappa shape index (κ2) is 10.0. The minimum absolute atomic E-state index is 0.0125. The molecule has 0 saturated heterocycles. The van der Waals surface area contributed by atoms with Gasteiger partial charge in [-0.15, -0.1) is 11.8 Å². The number of fused-ring (bicyclic) bond motifs is 2. The fourth-order valence-electron chi connectivity index (χ4n) is 4.95. The molecule has 3 aromatic rings. The summed E-state index contributed by atoms with van der Waals surface area (Å²) in [6, 6.07) is 11.4. The molecule has 1 amide bonds. The van der Waals surface area contributed by atoms with Crippen molar-refractivity contribution in [2.45, 2.75) is 55.2 Å². The van der Waals surface area contributed by atoms with Gasteiger partial charge in [-0.05, 0) is 74.4 Å². The van der Waals surface area contributed by atoms with Crippen molar-refractivity contribution in [3.05, 3.63) is 48.2 Å². The maximum atomic E-state index is 11.7. The van der Waals surface area contributed by atoms with E-state index in [-0.39, 0.29) is 11.8 Å². The third-order valence-corrected chi connectivity index (χ3v) is 8.12. The Morgan fingerprint density at radius 1 is 1.26 bits per heavy atom. The SMILES string of the molecule is COc1ccc2nccc(CCC3(O)CCC(C(O)Nc4ccc5c(c4)NC(=O)CS5)CC3)c2n1. The highest BCUT2D eigenvalue weighted by atomic mass is 32.2. The average Bonchev–Trinajstić information content (AvgIpc) is 2.87. The standard InChI is InChI=1S/C26H30N4O4S/c1-34-23-5-3-19-24(30-23)16(9-13-27-19)6-10-26(33)11-7-17(8-12-26)25(32)28-18-2-4-21-20(14-18)29-22(31)15-35-21/h2-5,9,13-14,17,25,28,32-33H,6-8,10-12,15H2,1H3,(H,29,31). The first-order valence-electron chi connectivity index (χ1n) is 11.9. The largest absolute Gasteiger partial charge is 0.481 e. The molecular formula is C26H30N4O4S. The second-order valence-electron chi connectivity index (χ2n) is 9.39. The maximum Gasteiger partial charge on any atom is 0.234 e. The van der Waals surface area contributed by atoms with Crippen LogP contribution < -0.4 is 15.4 Å². The van der Waals surface area contributed by atoms with Gasteiger partial charge in [-0.25, -0.2) is 4.98 Å². The van der Waals surface area contributed by atoms with E-state index < -0.39 is 11.8 Å². The van der Waals surface area contributed by atoms with Crippen LogP contribution in [0.1, 0.15) is 37.7 Å². The Labute approximate surface area is 208 Å². The number of nitrogens with one attached hydrogen (secondary N) is 2. The van der Waals surface area contributed by atoms with Gasteiger partial charge in [-0.3, -0.25) is 9.78 Å². The average molecular weight is 495 g/mol. The van der Waals surface area contributed by atoms with E-state index in [0.29, 0.717) is 37.3 Å². The van der Waals surface area contributed by atoms with Crippen molar-refractivity contribution < 1.29 is 19.7 Å². The van der Waals surface area contributed by atoms with Gasteiger partial charge in [-0.2, -0.15) is 0 Å². The van der Waals surface area contributed by atoms with Gasteiger partial charge in [-0.1, -0.05) is 0 Å². The molecule has 1 aliphatic carbocycles. The lowest BCUT2D eigenvalue weighted by Gasteiger charge is -2.38. The molecular weight excluding hydrogens is 464 g/mol. The summed E-state index contributed by atoms with van der Waals surface area (Å²) in [5.41, 5.74) is 3.45. The number of methoxy groups -OCH3 is 1. The van der Waals surface area contributed by atoms with Crippen LogP contribution in [0, 0.1) is 5.92 Å². The number of aliphatic hydroxyl groups excluding tert-OH is 1. The Kier molecular flexibility index (Phi) is 6.82. The van der Waals surface area contributed by atoms with Crippen LogP contribution in [-0.4, -0.2) is 50.8 Å². The normalized spacial score (nSPS) is 22.8. The molecule has 35 heavy (non-hydrogen) atoms. The van der Waals surface area contributed by atoms with Crippen LogP contribution in [0.2, 0.25) is 0 Å². The van der Waals surface area contributed by atoms with Gasteiger partial charge >= 0.3 is 0 Å². The van der Waals surface area contributed by atoms with E-state index >= 15 is 0 Å². The number of amides is 1. The van der Waals surface area contributed by atoms with Gasteiger partial charge in [0.05, 0.1) is 35.2 Å². The molecule has 1 aromatic carbocycles. The van der Waals surface area contributed by atoms with Crippen molar-refractivity contribution in [1.29, 1.82) is 0 Å². The third kappa shape index (κ3) is 5.37. The van der Waals surface area contributed by atoms with Crippen molar-refractivity contribution in [3.63, 3.8) is 0 Å². The summed E-state index contributed by atoms with van der Waals surface area (Å²) in [6.07, 6.45) is 5.10. The quantitative estimate of drug-likeness (QED) is 0.365. The summed E-state index contributed by atoms with van der Waals surface area (Å²) in [6.45, 7) is 0. The summed E-state index contributed by atoms with van der Waals surface area (Å²) in [7, 11) is 1.59. The van der Waals surface area contributed by atoms with Crippen molar-refractivity contribution in [2.75, 3.05) is 23.5 Å².